The van der Waals surface area contributed by atoms with Crippen LogP contribution in [0.2, 0.25) is 0 Å². The average Bonchev–Trinajstić information content (AvgIpc) is 3.28. The summed E-state index contributed by atoms with van der Waals surface area (Å²) >= 11 is 0. The summed E-state index contributed by atoms with van der Waals surface area (Å²) in [6.07, 6.45) is 0.726. The number of carbonyl (C=O) groups excluding carboxylic acids is 2. The molecule has 0 spiro atoms. The lowest BCUT2D eigenvalue weighted by molar-refractivity contribution is -0.126. The molecular formula is C20H19FN2O4. The van der Waals surface area contributed by atoms with Crippen molar-refractivity contribution < 1.29 is 23.5 Å². The first-order chi connectivity index (χ1) is 13.1. The van der Waals surface area contributed by atoms with Crippen LogP contribution in [-0.2, 0) is 16.0 Å². The van der Waals surface area contributed by atoms with Gasteiger partial charge in [-0.1, -0.05) is 18.2 Å². The number of fused-ring (bicyclic) bond motifs is 1. The highest BCUT2D eigenvalue weighted by Gasteiger charge is 2.35. The van der Waals surface area contributed by atoms with E-state index in [2.05, 4.69) is 5.32 Å². The Hall–Kier alpha value is -3.09. The predicted molar refractivity (Wildman–Crippen MR) is 96.1 cm³/mol. The summed E-state index contributed by atoms with van der Waals surface area (Å²) in [6.45, 7) is 0.863. The zero-order chi connectivity index (χ0) is 18.8. The summed E-state index contributed by atoms with van der Waals surface area (Å²) in [6, 6.07) is 11.8. The Bertz CT molecular complexity index is 886. The lowest BCUT2D eigenvalue weighted by atomic mass is 10.1. The number of halogens is 1. The largest absolute Gasteiger partial charge is 0.454 e. The molecule has 2 heterocycles. The van der Waals surface area contributed by atoms with Crippen molar-refractivity contribution in [1.82, 2.24) is 5.32 Å². The van der Waals surface area contributed by atoms with Gasteiger partial charge in [-0.2, -0.15) is 0 Å². The first kappa shape index (κ1) is 17.3. The van der Waals surface area contributed by atoms with E-state index in [9.17, 15) is 14.0 Å². The number of benzene rings is 2. The number of amides is 2. The van der Waals surface area contributed by atoms with Crippen LogP contribution in [-0.4, -0.2) is 31.7 Å². The van der Waals surface area contributed by atoms with Crippen LogP contribution in [0.5, 0.6) is 11.5 Å². The summed E-state index contributed by atoms with van der Waals surface area (Å²) in [5.74, 6) is 0.0590. The highest BCUT2D eigenvalue weighted by Crippen LogP contribution is 2.32. The molecule has 0 bridgehead atoms. The predicted octanol–water partition coefficient (Wildman–Crippen LogP) is 2.27. The number of ether oxygens (including phenoxy) is 2. The molecule has 1 saturated heterocycles. The van der Waals surface area contributed by atoms with Gasteiger partial charge in [0.05, 0.1) is 11.6 Å². The average molecular weight is 370 g/mol. The van der Waals surface area contributed by atoms with Crippen molar-refractivity contribution in [3.8, 4) is 11.5 Å². The highest BCUT2D eigenvalue weighted by molar-refractivity contribution is 6.00. The van der Waals surface area contributed by atoms with Crippen molar-refractivity contribution in [2.24, 2.45) is 5.92 Å². The van der Waals surface area contributed by atoms with E-state index in [1.165, 1.54) is 11.0 Å². The Morgan fingerprint density at radius 2 is 2.00 bits per heavy atom. The van der Waals surface area contributed by atoms with Crippen molar-refractivity contribution in [3.05, 3.63) is 53.8 Å². The maximum absolute atomic E-state index is 13.9. The van der Waals surface area contributed by atoms with E-state index in [-0.39, 0.29) is 37.3 Å². The zero-order valence-corrected chi connectivity index (χ0v) is 14.6. The van der Waals surface area contributed by atoms with Crippen LogP contribution >= 0.6 is 0 Å². The maximum Gasteiger partial charge on any atom is 0.231 e. The van der Waals surface area contributed by atoms with Crippen LogP contribution in [0.1, 0.15) is 12.0 Å². The molecule has 2 aliphatic heterocycles. The number of carbonyl (C=O) groups is 2. The van der Waals surface area contributed by atoms with E-state index in [1.807, 2.05) is 18.2 Å². The molecule has 1 atom stereocenters. The van der Waals surface area contributed by atoms with Crippen molar-refractivity contribution in [3.63, 3.8) is 0 Å². The minimum Gasteiger partial charge on any atom is -0.454 e. The third-order valence-corrected chi connectivity index (χ3v) is 4.79. The van der Waals surface area contributed by atoms with E-state index < -0.39 is 11.7 Å². The van der Waals surface area contributed by atoms with Crippen molar-refractivity contribution in [1.29, 1.82) is 0 Å². The fraction of sp³-hybridized carbons (Fsp3) is 0.300. The van der Waals surface area contributed by atoms with E-state index in [4.69, 9.17) is 9.47 Å². The number of nitrogens with zero attached hydrogens (tertiary/aromatic N) is 1. The second-order valence-corrected chi connectivity index (χ2v) is 6.59. The number of hydrogen-bond donors (Lipinski definition) is 1. The molecular weight excluding hydrogens is 351 g/mol. The summed E-state index contributed by atoms with van der Waals surface area (Å²) in [5, 5.41) is 2.86. The Morgan fingerprint density at radius 3 is 2.85 bits per heavy atom. The van der Waals surface area contributed by atoms with Gasteiger partial charge < -0.3 is 19.7 Å². The van der Waals surface area contributed by atoms with Crippen molar-refractivity contribution in [2.75, 3.05) is 24.8 Å². The van der Waals surface area contributed by atoms with Gasteiger partial charge >= 0.3 is 0 Å². The zero-order valence-electron chi connectivity index (χ0n) is 14.6. The summed E-state index contributed by atoms with van der Waals surface area (Å²) in [7, 11) is 0. The lowest BCUT2D eigenvalue weighted by Gasteiger charge is -2.17. The van der Waals surface area contributed by atoms with Crippen LogP contribution in [0.15, 0.2) is 42.5 Å². The number of rotatable bonds is 5. The van der Waals surface area contributed by atoms with E-state index >= 15 is 0 Å². The molecule has 1 N–H and O–H groups in total. The molecule has 2 aliphatic rings. The smallest absolute Gasteiger partial charge is 0.231 e. The molecule has 1 unspecified atom stereocenters. The number of nitrogens with one attached hydrogen (secondary N) is 1. The van der Waals surface area contributed by atoms with Gasteiger partial charge in [-0.05, 0) is 36.2 Å². The summed E-state index contributed by atoms with van der Waals surface area (Å²) in [4.78, 5) is 25.9. The van der Waals surface area contributed by atoms with E-state index in [1.54, 1.807) is 18.2 Å². The Labute approximate surface area is 155 Å². The number of para-hydroxylation sites is 1. The van der Waals surface area contributed by atoms with Gasteiger partial charge in [0.1, 0.15) is 5.82 Å². The molecule has 27 heavy (non-hydrogen) atoms. The van der Waals surface area contributed by atoms with Gasteiger partial charge in [-0.15, -0.1) is 0 Å². The standard InChI is InChI=1S/C20H19FN2O4/c21-15-3-1-2-4-16(15)23-11-14(10-19(23)24)20(25)22-8-7-13-5-6-17-18(9-13)27-12-26-17/h1-6,9,14H,7-8,10-12H2,(H,22,25). The van der Waals surface area contributed by atoms with Gasteiger partial charge in [0, 0.05) is 19.5 Å². The van der Waals surface area contributed by atoms with Crippen LogP contribution in [0.4, 0.5) is 10.1 Å². The normalized spacial score (nSPS) is 18.0. The molecule has 0 aromatic heterocycles. The third kappa shape index (κ3) is 3.58. The van der Waals surface area contributed by atoms with Gasteiger partial charge in [-0.25, -0.2) is 4.39 Å². The fourth-order valence-electron chi connectivity index (χ4n) is 3.36. The highest BCUT2D eigenvalue weighted by atomic mass is 19.1. The molecule has 4 rings (SSSR count). The second kappa shape index (κ2) is 7.26. The minimum absolute atomic E-state index is 0.0875. The number of anilines is 1. The van der Waals surface area contributed by atoms with Gasteiger partial charge in [0.2, 0.25) is 18.6 Å². The quantitative estimate of drug-likeness (QED) is 0.877. The molecule has 2 amide bonds. The molecule has 0 radical (unpaired) electrons. The van der Waals surface area contributed by atoms with Crippen LogP contribution in [0, 0.1) is 11.7 Å². The maximum atomic E-state index is 13.9. The van der Waals surface area contributed by atoms with Crippen molar-refractivity contribution in [2.45, 2.75) is 12.8 Å². The molecule has 6 nitrogen and oxygen atoms in total. The fourth-order valence-corrected chi connectivity index (χ4v) is 3.36. The first-order valence-corrected chi connectivity index (χ1v) is 8.83. The molecule has 2 aromatic carbocycles. The first-order valence-electron chi connectivity index (χ1n) is 8.83. The van der Waals surface area contributed by atoms with Gasteiger partial charge in [0.15, 0.2) is 11.5 Å². The van der Waals surface area contributed by atoms with Crippen LogP contribution in [0.25, 0.3) is 0 Å². The molecule has 140 valence electrons. The minimum atomic E-state index is -0.478. The molecule has 0 saturated carbocycles. The Kier molecular flexibility index (Phi) is 4.66. The summed E-state index contributed by atoms with van der Waals surface area (Å²) in [5.41, 5.74) is 1.24. The number of hydrogen-bond acceptors (Lipinski definition) is 4. The lowest BCUT2D eigenvalue weighted by Crippen LogP contribution is -2.34. The Balaban J connectivity index is 1.31. The van der Waals surface area contributed by atoms with E-state index in [0.29, 0.717) is 18.7 Å². The van der Waals surface area contributed by atoms with E-state index in [0.717, 1.165) is 11.3 Å². The SMILES string of the molecule is O=C(NCCc1ccc2c(c1)OCO2)C1CC(=O)N(c2ccccc2F)C1. The monoisotopic (exact) mass is 370 g/mol. The molecule has 2 aromatic rings. The third-order valence-electron chi connectivity index (χ3n) is 4.79. The molecule has 7 heteroatoms. The Morgan fingerprint density at radius 1 is 1.19 bits per heavy atom. The topological polar surface area (TPSA) is 67.9 Å². The van der Waals surface area contributed by atoms with Crippen LogP contribution < -0.4 is 19.7 Å². The second-order valence-electron chi connectivity index (χ2n) is 6.59. The molecule has 1 fully saturated rings. The van der Waals surface area contributed by atoms with Gasteiger partial charge in [-0.3, -0.25) is 9.59 Å². The molecule has 0 aliphatic carbocycles. The summed E-state index contributed by atoms with van der Waals surface area (Å²) < 4.78 is 24.5. The van der Waals surface area contributed by atoms with Gasteiger partial charge in [0.25, 0.3) is 0 Å². The van der Waals surface area contributed by atoms with Crippen LogP contribution in [0.3, 0.4) is 0 Å². The van der Waals surface area contributed by atoms with Crippen molar-refractivity contribution >= 4 is 17.5 Å².